The molecule has 3 aromatic rings. The molecule has 4 heteroatoms. The third-order valence-corrected chi connectivity index (χ3v) is 3.86. The van der Waals surface area contributed by atoms with Crippen molar-refractivity contribution in [2.24, 2.45) is 10.2 Å². The zero-order chi connectivity index (χ0) is 15.5. The van der Waals surface area contributed by atoms with E-state index in [1.165, 1.54) is 5.56 Å². The van der Waals surface area contributed by atoms with E-state index in [0.29, 0.717) is 5.69 Å². The summed E-state index contributed by atoms with van der Waals surface area (Å²) in [5.41, 5.74) is 4.61. The standard InChI is InChI=1S/C18H19N3O/c1-3-12-8-10-14(11-9-12)20-21-17-15-7-5-6-13(4-2)16(15)19-18(17)22/h5-11,19,22H,3-4H2,1-2H3. The minimum atomic E-state index is 0.0600. The number of fused-ring (bicyclic) bond motifs is 1. The van der Waals surface area contributed by atoms with Crippen molar-refractivity contribution < 1.29 is 5.11 Å². The number of para-hydroxylation sites is 1. The number of rotatable bonds is 4. The molecule has 0 fully saturated rings. The highest BCUT2D eigenvalue weighted by Gasteiger charge is 2.12. The maximum atomic E-state index is 10.1. The second-order valence-electron chi connectivity index (χ2n) is 5.24. The van der Waals surface area contributed by atoms with Crippen LogP contribution in [0.2, 0.25) is 0 Å². The molecule has 112 valence electrons. The molecule has 4 nitrogen and oxygen atoms in total. The lowest BCUT2D eigenvalue weighted by atomic mass is 10.1. The molecule has 0 spiro atoms. The van der Waals surface area contributed by atoms with Crippen molar-refractivity contribution in [1.29, 1.82) is 0 Å². The first-order valence-corrected chi connectivity index (χ1v) is 7.56. The average molecular weight is 293 g/mol. The van der Waals surface area contributed by atoms with Gasteiger partial charge in [-0.2, -0.15) is 5.11 Å². The molecule has 22 heavy (non-hydrogen) atoms. The Balaban J connectivity index is 1.99. The van der Waals surface area contributed by atoms with Crippen LogP contribution in [0.3, 0.4) is 0 Å². The molecule has 0 saturated carbocycles. The molecular formula is C18H19N3O. The molecule has 0 amide bonds. The van der Waals surface area contributed by atoms with Crippen molar-refractivity contribution in [3.8, 4) is 5.88 Å². The van der Waals surface area contributed by atoms with Crippen molar-refractivity contribution >= 4 is 22.3 Å². The number of H-pyrrole nitrogens is 1. The Bertz CT molecular complexity index is 816. The molecule has 0 aliphatic heterocycles. The van der Waals surface area contributed by atoms with Gasteiger partial charge in [0.15, 0.2) is 5.69 Å². The van der Waals surface area contributed by atoms with Crippen LogP contribution in [0.25, 0.3) is 10.9 Å². The number of aromatic amines is 1. The van der Waals surface area contributed by atoms with Gasteiger partial charge in [-0.15, -0.1) is 5.11 Å². The number of azo groups is 1. The Morgan fingerprint density at radius 2 is 1.73 bits per heavy atom. The van der Waals surface area contributed by atoms with Gasteiger partial charge in [0.2, 0.25) is 5.88 Å². The zero-order valence-electron chi connectivity index (χ0n) is 12.8. The smallest absolute Gasteiger partial charge is 0.218 e. The van der Waals surface area contributed by atoms with Gasteiger partial charge in [-0.25, -0.2) is 0 Å². The van der Waals surface area contributed by atoms with Gasteiger partial charge in [-0.05, 0) is 36.1 Å². The Labute approximate surface area is 129 Å². The average Bonchev–Trinajstić information content (AvgIpc) is 2.88. The van der Waals surface area contributed by atoms with Gasteiger partial charge in [0.25, 0.3) is 0 Å². The summed E-state index contributed by atoms with van der Waals surface area (Å²) in [7, 11) is 0. The van der Waals surface area contributed by atoms with E-state index >= 15 is 0 Å². The van der Waals surface area contributed by atoms with Gasteiger partial charge in [0, 0.05) is 5.39 Å². The topological polar surface area (TPSA) is 60.7 Å². The van der Waals surface area contributed by atoms with Gasteiger partial charge < -0.3 is 10.1 Å². The number of aromatic hydroxyl groups is 1. The molecule has 1 aromatic heterocycles. The third-order valence-electron chi connectivity index (χ3n) is 3.86. The summed E-state index contributed by atoms with van der Waals surface area (Å²) < 4.78 is 0. The Morgan fingerprint density at radius 1 is 0.955 bits per heavy atom. The van der Waals surface area contributed by atoms with E-state index in [1.54, 1.807) is 0 Å². The lowest BCUT2D eigenvalue weighted by Crippen LogP contribution is -1.80. The summed E-state index contributed by atoms with van der Waals surface area (Å²) in [5, 5.41) is 19.5. The highest BCUT2D eigenvalue weighted by atomic mass is 16.3. The van der Waals surface area contributed by atoms with E-state index < -0.39 is 0 Å². The number of hydrogen-bond acceptors (Lipinski definition) is 3. The van der Waals surface area contributed by atoms with Crippen molar-refractivity contribution in [3.63, 3.8) is 0 Å². The predicted octanol–water partition coefficient (Wildman–Crippen LogP) is 5.41. The van der Waals surface area contributed by atoms with Crippen LogP contribution in [0.5, 0.6) is 5.88 Å². The minimum absolute atomic E-state index is 0.0600. The Hall–Kier alpha value is -2.62. The van der Waals surface area contributed by atoms with Gasteiger partial charge in [-0.3, -0.25) is 0 Å². The molecule has 0 aliphatic rings. The summed E-state index contributed by atoms with van der Waals surface area (Å²) >= 11 is 0. The first kappa shape index (κ1) is 14.3. The zero-order valence-corrected chi connectivity index (χ0v) is 12.8. The number of aromatic nitrogens is 1. The number of benzene rings is 2. The fraction of sp³-hybridized carbons (Fsp3) is 0.222. The van der Waals surface area contributed by atoms with E-state index in [0.717, 1.165) is 35.0 Å². The van der Waals surface area contributed by atoms with Crippen LogP contribution in [0.1, 0.15) is 25.0 Å². The van der Waals surface area contributed by atoms with Crippen LogP contribution in [0, 0.1) is 0 Å². The molecular weight excluding hydrogens is 274 g/mol. The molecule has 0 atom stereocenters. The second-order valence-corrected chi connectivity index (χ2v) is 5.24. The minimum Gasteiger partial charge on any atom is -0.493 e. The molecule has 2 N–H and O–H groups in total. The molecule has 2 aromatic carbocycles. The Morgan fingerprint density at radius 3 is 2.41 bits per heavy atom. The van der Waals surface area contributed by atoms with Crippen molar-refractivity contribution in [2.75, 3.05) is 0 Å². The van der Waals surface area contributed by atoms with Gasteiger partial charge in [0.05, 0.1) is 11.2 Å². The van der Waals surface area contributed by atoms with E-state index in [4.69, 9.17) is 0 Å². The molecule has 0 unspecified atom stereocenters. The number of nitrogens with zero attached hydrogens (tertiary/aromatic N) is 2. The quantitative estimate of drug-likeness (QED) is 0.620. The van der Waals surface area contributed by atoms with E-state index in [1.807, 2.05) is 42.5 Å². The SMILES string of the molecule is CCc1ccc(N=Nc2c(O)[nH]c3c(CC)cccc23)cc1. The summed E-state index contributed by atoms with van der Waals surface area (Å²) in [4.78, 5) is 3.00. The molecule has 0 radical (unpaired) electrons. The van der Waals surface area contributed by atoms with E-state index in [9.17, 15) is 5.11 Å². The van der Waals surface area contributed by atoms with Crippen LogP contribution in [-0.4, -0.2) is 10.1 Å². The van der Waals surface area contributed by atoms with Crippen molar-refractivity contribution in [1.82, 2.24) is 4.98 Å². The molecule has 1 heterocycles. The van der Waals surface area contributed by atoms with Crippen molar-refractivity contribution in [2.45, 2.75) is 26.7 Å². The first-order valence-electron chi connectivity index (χ1n) is 7.56. The first-order chi connectivity index (χ1) is 10.7. The predicted molar refractivity (Wildman–Crippen MR) is 89.3 cm³/mol. The van der Waals surface area contributed by atoms with E-state index in [2.05, 4.69) is 29.1 Å². The number of nitrogens with one attached hydrogen (secondary N) is 1. The lowest BCUT2D eigenvalue weighted by Gasteiger charge is -1.98. The normalized spacial score (nSPS) is 11.5. The highest BCUT2D eigenvalue weighted by molar-refractivity contribution is 5.96. The lowest BCUT2D eigenvalue weighted by molar-refractivity contribution is 0.459. The van der Waals surface area contributed by atoms with Gasteiger partial charge in [-0.1, -0.05) is 44.2 Å². The highest BCUT2D eigenvalue weighted by Crippen LogP contribution is 2.37. The molecule has 0 aliphatic carbocycles. The fourth-order valence-electron chi connectivity index (χ4n) is 2.55. The summed E-state index contributed by atoms with van der Waals surface area (Å²) in [6.45, 7) is 4.20. The van der Waals surface area contributed by atoms with Crippen LogP contribution in [0.4, 0.5) is 11.4 Å². The third kappa shape index (κ3) is 2.60. The number of hydrogen-bond donors (Lipinski definition) is 2. The monoisotopic (exact) mass is 293 g/mol. The summed E-state index contributed by atoms with van der Waals surface area (Å²) in [6, 6.07) is 13.9. The van der Waals surface area contributed by atoms with E-state index in [-0.39, 0.29) is 5.88 Å². The van der Waals surface area contributed by atoms with Gasteiger partial charge in [0.1, 0.15) is 0 Å². The van der Waals surface area contributed by atoms with Crippen LogP contribution >= 0.6 is 0 Å². The molecule has 0 saturated heterocycles. The Kier molecular flexibility index (Phi) is 3.92. The van der Waals surface area contributed by atoms with Crippen LogP contribution in [0.15, 0.2) is 52.7 Å². The molecule has 3 rings (SSSR count). The largest absolute Gasteiger partial charge is 0.493 e. The fourth-order valence-corrected chi connectivity index (χ4v) is 2.55. The second kappa shape index (κ2) is 6.02. The maximum Gasteiger partial charge on any atom is 0.218 e. The maximum absolute atomic E-state index is 10.1. The molecule has 0 bridgehead atoms. The van der Waals surface area contributed by atoms with Crippen molar-refractivity contribution in [3.05, 3.63) is 53.6 Å². The number of aryl methyl sites for hydroxylation is 2. The van der Waals surface area contributed by atoms with Gasteiger partial charge >= 0.3 is 0 Å². The van der Waals surface area contributed by atoms with Crippen LogP contribution < -0.4 is 0 Å². The summed E-state index contributed by atoms with van der Waals surface area (Å²) in [5.74, 6) is 0.0600. The summed E-state index contributed by atoms with van der Waals surface area (Å²) in [6.07, 6.45) is 1.90. The van der Waals surface area contributed by atoms with Crippen LogP contribution in [-0.2, 0) is 12.8 Å².